The summed E-state index contributed by atoms with van der Waals surface area (Å²) in [7, 11) is 0. The highest BCUT2D eigenvalue weighted by atomic mass is 16.5. The minimum absolute atomic E-state index is 0.240. The number of carbonyl (C=O) groups is 1. The molecule has 3 nitrogen and oxygen atoms in total. The molecule has 1 unspecified atom stereocenters. The highest BCUT2D eigenvalue weighted by Crippen LogP contribution is 1.96. The second kappa shape index (κ2) is 9.40. The zero-order valence-electron chi connectivity index (χ0n) is 11.0. The molecule has 0 amide bonds. The molecule has 0 aliphatic carbocycles. The molecule has 3 heteroatoms. The Morgan fingerprint density at radius 3 is 2.56 bits per heavy atom. The molecule has 0 aromatic carbocycles. The highest BCUT2D eigenvalue weighted by Gasteiger charge is 2.07. The fourth-order valence-electron chi connectivity index (χ4n) is 1.26. The van der Waals surface area contributed by atoms with Gasteiger partial charge in [0.2, 0.25) is 0 Å². The number of hydrogen-bond acceptors (Lipinski definition) is 3. The Hall–Kier alpha value is -0.830. The van der Waals surface area contributed by atoms with Gasteiger partial charge in [0.15, 0.2) is 0 Å². The van der Waals surface area contributed by atoms with Crippen LogP contribution in [0.3, 0.4) is 0 Å². The SMILES string of the molecule is CCCCNC(CC)COC(=O)C=C(C)C. The molecule has 0 radical (unpaired) electrons. The molecule has 0 fully saturated rings. The van der Waals surface area contributed by atoms with Gasteiger partial charge < -0.3 is 10.1 Å². The number of hydrogen-bond donors (Lipinski definition) is 1. The Morgan fingerprint density at radius 1 is 1.38 bits per heavy atom. The van der Waals surface area contributed by atoms with Crippen LogP contribution in [0.15, 0.2) is 11.6 Å². The summed E-state index contributed by atoms with van der Waals surface area (Å²) in [5, 5.41) is 3.38. The van der Waals surface area contributed by atoms with Crippen molar-refractivity contribution in [3.05, 3.63) is 11.6 Å². The zero-order valence-corrected chi connectivity index (χ0v) is 11.0. The molecule has 0 spiro atoms. The summed E-state index contributed by atoms with van der Waals surface area (Å²) in [4.78, 5) is 11.3. The van der Waals surface area contributed by atoms with Gasteiger partial charge in [-0.2, -0.15) is 0 Å². The molecule has 0 rings (SSSR count). The van der Waals surface area contributed by atoms with Crippen LogP contribution in [0.25, 0.3) is 0 Å². The van der Waals surface area contributed by atoms with Crippen LogP contribution >= 0.6 is 0 Å². The van der Waals surface area contributed by atoms with Gasteiger partial charge in [0, 0.05) is 12.1 Å². The largest absolute Gasteiger partial charge is 0.461 e. The number of nitrogens with one attached hydrogen (secondary N) is 1. The lowest BCUT2D eigenvalue weighted by Crippen LogP contribution is -2.34. The fourth-order valence-corrected chi connectivity index (χ4v) is 1.26. The number of ether oxygens (including phenoxy) is 1. The van der Waals surface area contributed by atoms with Crippen LogP contribution < -0.4 is 5.32 Å². The predicted molar refractivity (Wildman–Crippen MR) is 67.4 cm³/mol. The van der Waals surface area contributed by atoms with E-state index < -0.39 is 0 Å². The van der Waals surface area contributed by atoms with E-state index in [9.17, 15) is 4.79 Å². The van der Waals surface area contributed by atoms with Gasteiger partial charge in [0.25, 0.3) is 0 Å². The van der Waals surface area contributed by atoms with E-state index in [0.717, 1.165) is 18.5 Å². The van der Waals surface area contributed by atoms with Crippen molar-refractivity contribution in [2.75, 3.05) is 13.2 Å². The van der Waals surface area contributed by atoms with E-state index in [2.05, 4.69) is 19.2 Å². The maximum Gasteiger partial charge on any atom is 0.330 e. The van der Waals surface area contributed by atoms with Crippen LogP contribution in [0, 0.1) is 0 Å². The molecule has 1 atom stereocenters. The van der Waals surface area contributed by atoms with Crippen molar-refractivity contribution in [3.8, 4) is 0 Å². The number of rotatable bonds is 8. The lowest BCUT2D eigenvalue weighted by atomic mass is 10.2. The minimum Gasteiger partial charge on any atom is -0.461 e. The molecule has 0 heterocycles. The topological polar surface area (TPSA) is 38.3 Å². The molecule has 1 N–H and O–H groups in total. The number of esters is 1. The van der Waals surface area contributed by atoms with Crippen molar-refractivity contribution < 1.29 is 9.53 Å². The molecule has 16 heavy (non-hydrogen) atoms. The van der Waals surface area contributed by atoms with Crippen LogP contribution in [0.5, 0.6) is 0 Å². The first-order valence-electron chi connectivity index (χ1n) is 6.15. The van der Waals surface area contributed by atoms with Crippen molar-refractivity contribution in [2.24, 2.45) is 0 Å². The van der Waals surface area contributed by atoms with E-state index >= 15 is 0 Å². The van der Waals surface area contributed by atoms with E-state index in [0.29, 0.717) is 6.61 Å². The molecule has 0 aromatic rings. The van der Waals surface area contributed by atoms with Gasteiger partial charge in [-0.1, -0.05) is 25.8 Å². The molecule has 0 saturated carbocycles. The third-order valence-electron chi connectivity index (χ3n) is 2.29. The fraction of sp³-hybridized carbons (Fsp3) is 0.769. The van der Waals surface area contributed by atoms with Crippen molar-refractivity contribution in [1.29, 1.82) is 0 Å². The van der Waals surface area contributed by atoms with Crippen LogP contribution in [0.4, 0.5) is 0 Å². The Bertz CT molecular complexity index is 220. The zero-order chi connectivity index (χ0) is 12.4. The Morgan fingerprint density at radius 2 is 2.06 bits per heavy atom. The summed E-state index contributed by atoms with van der Waals surface area (Å²) >= 11 is 0. The van der Waals surface area contributed by atoms with Gasteiger partial charge in [-0.15, -0.1) is 0 Å². The summed E-state index contributed by atoms with van der Waals surface area (Å²) in [6.07, 6.45) is 4.85. The van der Waals surface area contributed by atoms with E-state index in [1.165, 1.54) is 18.9 Å². The minimum atomic E-state index is -0.240. The quantitative estimate of drug-likeness (QED) is 0.393. The molecule has 0 aromatic heterocycles. The lowest BCUT2D eigenvalue weighted by Gasteiger charge is -2.16. The summed E-state index contributed by atoms with van der Waals surface area (Å²) in [6.45, 7) is 9.49. The Balaban J connectivity index is 3.77. The van der Waals surface area contributed by atoms with Gasteiger partial charge in [-0.25, -0.2) is 4.79 Å². The van der Waals surface area contributed by atoms with Gasteiger partial charge >= 0.3 is 5.97 Å². The molecule has 94 valence electrons. The maximum absolute atomic E-state index is 11.3. The summed E-state index contributed by atoms with van der Waals surface area (Å²) in [5.41, 5.74) is 0.969. The first-order valence-corrected chi connectivity index (χ1v) is 6.15. The van der Waals surface area contributed by atoms with Crippen LogP contribution in [-0.2, 0) is 9.53 Å². The maximum atomic E-state index is 11.3. The van der Waals surface area contributed by atoms with E-state index in [4.69, 9.17) is 4.74 Å². The molecule has 0 saturated heterocycles. The van der Waals surface area contributed by atoms with Crippen LogP contribution in [0.2, 0.25) is 0 Å². The van der Waals surface area contributed by atoms with Gasteiger partial charge in [0.05, 0.1) is 0 Å². The summed E-state index contributed by atoms with van der Waals surface area (Å²) < 4.78 is 5.16. The third kappa shape index (κ3) is 8.48. The smallest absolute Gasteiger partial charge is 0.330 e. The van der Waals surface area contributed by atoms with E-state index in [1.807, 2.05) is 13.8 Å². The third-order valence-corrected chi connectivity index (χ3v) is 2.29. The van der Waals surface area contributed by atoms with Crippen molar-refractivity contribution in [3.63, 3.8) is 0 Å². The second-order valence-corrected chi connectivity index (χ2v) is 4.26. The predicted octanol–water partition coefficient (Wildman–Crippen LogP) is 2.66. The monoisotopic (exact) mass is 227 g/mol. The molecule has 0 bridgehead atoms. The van der Waals surface area contributed by atoms with E-state index in [1.54, 1.807) is 0 Å². The Labute approximate surface area is 99.3 Å². The van der Waals surface area contributed by atoms with Crippen LogP contribution in [-0.4, -0.2) is 25.2 Å². The molecular weight excluding hydrogens is 202 g/mol. The number of allylic oxidation sites excluding steroid dienone is 1. The molecule has 0 aliphatic heterocycles. The number of unbranched alkanes of at least 4 members (excludes halogenated alkanes) is 1. The Kier molecular flexibility index (Phi) is 8.91. The summed E-state index contributed by atoms with van der Waals surface area (Å²) in [6, 6.07) is 0.279. The standard InChI is InChI=1S/C13H25NO2/c1-5-7-8-14-12(6-2)10-16-13(15)9-11(3)4/h9,12,14H,5-8,10H2,1-4H3. The number of carbonyl (C=O) groups excluding carboxylic acids is 1. The average molecular weight is 227 g/mol. The lowest BCUT2D eigenvalue weighted by molar-refractivity contribution is -0.138. The molecular formula is C13H25NO2. The van der Waals surface area contributed by atoms with Gasteiger partial charge in [-0.05, 0) is 33.2 Å². The first-order chi connectivity index (χ1) is 7.60. The average Bonchev–Trinajstić information content (AvgIpc) is 2.22. The summed E-state index contributed by atoms with van der Waals surface area (Å²) in [5.74, 6) is -0.240. The molecule has 0 aliphatic rings. The van der Waals surface area contributed by atoms with E-state index in [-0.39, 0.29) is 12.0 Å². The first kappa shape index (κ1) is 15.2. The van der Waals surface area contributed by atoms with Crippen molar-refractivity contribution >= 4 is 5.97 Å². The van der Waals surface area contributed by atoms with Gasteiger partial charge in [0.1, 0.15) is 6.61 Å². The normalized spacial score (nSPS) is 12.0. The van der Waals surface area contributed by atoms with Crippen LogP contribution in [0.1, 0.15) is 47.0 Å². The van der Waals surface area contributed by atoms with Gasteiger partial charge in [-0.3, -0.25) is 0 Å². The van der Waals surface area contributed by atoms with Crippen molar-refractivity contribution in [1.82, 2.24) is 5.32 Å². The van der Waals surface area contributed by atoms with Crippen molar-refractivity contribution in [2.45, 2.75) is 53.0 Å². The highest BCUT2D eigenvalue weighted by molar-refractivity contribution is 5.82. The second-order valence-electron chi connectivity index (χ2n) is 4.26.